The second-order valence-corrected chi connectivity index (χ2v) is 5.77. The lowest BCUT2D eigenvalue weighted by Gasteiger charge is -2.08. The minimum atomic E-state index is -0.659. The van der Waals surface area contributed by atoms with Crippen molar-refractivity contribution in [1.82, 2.24) is 24.9 Å². The molecule has 0 aliphatic carbocycles. The fourth-order valence-corrected chi connectivity index (χ4v) is 2.65. The zero-order chi connectivity index (χ0) is 18.8. The van der Waals surface area contributed by atoms with Crippen LogP contribution >= 0.6 is 0 Å². The van der Waals surface area contributed by atoms with Gasteiger partial charge in [0.2, 0.25) is 11.8 Å². The number of pyridine rings is 2. The van der Waals surface area contributed by atoms with Gasteiger partial charge >= 0.3 is 0 Å². The van der Waals surface area contributed by atoms with E-state index in [0.717, 1.165) is 11.1 Å². The Morgan fingerprint density at radius 1 is 1.19 bits per heavy atom. The molecule has 0 unspecified atom stereocenters. The maximum atomic E-state index is 14.6. The van der Waals surface area contributed by atoms with Crippen molar-refractivity contribution in [3.05, 3.63) is 54.4 Å². The maximum absolute atomic E-state index is 14.6. The van der Waals surface area contributed by atoms with Gasteiger partial charge in [-0.05, 0) is 32.0 Å². The Kier molecular flexibility index (Phi) is 4.37. The van der Waals surface area contributed by atoms with Crippen LogP contribution in [-0.2, 0) is 0 Å². The van der Waals surface area contributed by atoms with E-state index in [1.165, 1.54) is 0 Å². The highest BCUT2D eigenvalue weighted by Crippen LogP contribution is 2.24. The van der Waals surface area contributed by atoms with Crippen molar-refractivity contribution in [3.8, 4) is 17.3 Å². The minimum absolute atomic E-state index is 0.227. The summed E-state index contributed by atoms with van der Waals surface area (Å²) in [5.41, 5.74) is 2.23. The van der Waals surface area contributed by atoms with Crippen LogP contribution in [0.1, 0.15) is 12.6 Å². The number of fused-ring (bicyclic) bond motifs is 1. The standard InChI is InChI=1S/C19H16FN6O/c1-3-27-16-7-4-12(10-22-16)24-15-6-5-14(17(20)25-15)19-23-11(2)13-8-9-21-18(13)26-19/h4-7,9-10H,3H2,1-2H3,(H,24,25)(H,21,23,26). The Balaban J connectivity index is 1.60. The lowest BCUT2D eigenvalue weighted by atomic mass is 10.2. The van der Waals surface area contributed by atoms with Gasteiger partial charge in [-0.2, -0.15) is 4.39 Å². The van der Waals surface area contributed by atoms with Crippen molar-refractivity contribution in [3.63, 3.8) is 0 Å². The van der Waals surface area contributed by atoms with Crippen LogP contribution in [0.3, 0.4) is 0 Å². The number of nitrogens with zero attached hydrogens (tertiary/aromatic N) is 4. The predicted octanol–water partition coefficient (Wildman–Crippen LogP) is 3.80. The highest BCUT2D eigenvalue weighted by Gasteiger charge is 2.13. The van der Waals surface area contributed by atoms with Crippen LogP contribution in [0.2, 0.25) is 0 Å². The molecule has 0 amide bonds. The molecule has 0 saturated carbocycles. The Morgan fingerprint density at radius 2 is 2.07 bits per heavy atom. The van der Waals surface area contributed by atoms with Gasteiger partial charge in [-0.1, -0.05) is 0 Å². The van der Waals surface area contributed by atoms with Gasteiger partial charge in [-0.15, -0.1) is 0 Å². The van der Waals surface area contributed by atoms with E-state index in [4.69, 9.17) is 4.74 Å². The molecule has 4 aromatic heterocycles. The zero-order valence-corrected chi connectivity index (χ0v) is 14.7. The fraction of sp³-hybridized carbons (Fsp3) is 0.158. The van der Waals surface area contributed by atoms with Gasteiger partial charge in [0.1, 0.15) is 11.5 Å². The summed E-state index contributed by atoms with van der Waals surface area (Å²) < 4.78 is 19.9. The molecule has 8 heteroatoms. The molecule has 4 aromatic rings. The quantitative estimate of drug-likeness (QED) is 0.524. The Morgan fingerprint density at radius 3 is 2.81 bits per heavy atom. The molecule has 27 heavy (non-hydrogen) atoms. The van der Waals surface area contributed by atoms with Crippen molar-refractivity contribution < 1.29 is 9.13 Å². The van der Waals surface area contributed by atoms with Gasteiger partial charge in [0.15, 0.2) is 5.82 Å². The van der Waals surface area contributed by atoms with E-state index in [1.807, 2.05) is 13.8 Å². The monoisotopic (exact) mass is 363 g/mol. The van der Waals surface area contributed by atoms with Crippen LogP contribution in [-0.4, -0.2) is 31.5 Å². The fourth-order valence-electron chi connectivity index (χ4n) is 2.65. The van der Waals surface area contributed by atoms with Crippen LogP contribution in [0, 0.1) is 18.9 Å². The molecule has 4 rings (SSSR count). The van der Waals surface area contributed by atoms with Crippen molar-refractivity contribution >= 4 is 22.5 Å². The molecule has 0 aromatic carbocycles. The number of anilines is 2. The molecule has 0 fully saturated rings. The van der Waals surface area contributed by atoms with Gasteiger partial charge in [-0.25, -0.2) is 19.9 Å². The summed E-state index contributed by atoms with van der Waals surface area (Å²) >= 11 is 0. The van der Waals surface area contributed by atoms with E-state index in [9.17, 15) is 4.39 Å². The Bertz CT molecular complexity index is 1090. The third kappa shape index (κ3) is 3.41. The van der Waals surface area contributed by atoms with Crippen LogP contribution in [0.5, 0.6) is 5.88 Å². The van der Waals surface area contributed by atoms with Gasteiger partial charge in [0.05, 0.1) is 29.7 Å². The largest absolute Gasteiger partial charge is 0.478 e. The number of aryl methyl sites for hydroxylation is 1. The molecule has 4 heterocycles. The number of ether oxygens (including phenoxy) is 1. The average molecular weight is 363 g/mol. The van der Waals surface area contributed by atoms with Gasteiger partial charge in [0.25, 0.3) is 0 Å². The Hall–Kier alpha value is -3.55. The third-order valence-electron chi connectivity index (χ3n) is 3.91. The smallest absolute Gasteiger partial charge is 0.225 e. The van der Waals surface area contributed by atoms with E-state index in [2.05, 4.69) is 36.3 Å². The predicted molar refractivity (Wildman–Crippen MR) is 99.3 cm³/mol. The molecule has 1 radical (unpaired) electrons. The van der Waals surface area contributed by atoms with Crippen LogP contribution in [0.4, 0.5) is 15.9 Å². The van der Waals surface area contributed by atoms with Crippen LogP contribution < -0.4 is 10.1 Å². The van der Waals surface area contributed by atoms with E-state index in [-0.39, 0.29) is 11.4 Å². The number of hydrogen-bond donors (Lipinski definition) is 2. The van der Waals surface area contributed by atoms with Crippen molar-refractivity contribution in [1.29, 1.82) is 0 Å². The number of H-pyrrole nitrogens is 1. The molecule has 0 bridgehead atoms. The second-order valence-electron chi connectivity index (χ2n) is 5.77. The number of nitrogens with one attached hydrogen (secondary N) is 2. The first-order valence-corrected chi connectivity index (χ1v) is 8.40. The first-order chi connectivity index (χ1) is 13.1. The molecule has 0 saturated heterocycles. The Labute approximate surface area is 154 Å². The number of aromatic nitrogens is 5. The third-order valence-corrected chi connectivity index (χ3v) is 3.91. The summed E-state index contributed by atoms with van der Waals surface area (Å²) in [5, 5.41) is 3.79. The molecular weight excluding hydrogens is 347 g/mol. The van der Waals surface area contributed by atoms with Crippen molar-refractivity contribution in [2.75, 3.05) is 11.9 Å². The van der Waals surface area contributed by atoms with Gasteiger partial charge < -0.3 is 15.0 Å². The number of halogens is 1. The zero-order valence-electron chi connectivity index (χ0n) is 14.7. The molecule has 0 aliphatic heterocycles. The SMILES string of the molecule is CCOc1ccc(Nc2ccc(-c3nc(C)c4[c]c[nH]c4n3)c(F)n2)cn1. The minimum Gasteiger partial charge on any atom is -0.478 e. The van der Waals surface area contributed by atoms with Crippen LogP contribution in [0.15, 0.2) is 36.7 Å². The molecule has 7 nitrogen and oxygen atoms in total. The number of rotatable bonds is 5. The number of aromatic amines is 1. The molecular formula is C19H16FN6O. The van der Waals surface area contributed by atoms with E-state index in [1.54, 1.807) is 36.7 Å². The first kappa shape index (κ1) is 16.9. The summed E-state index contributed by atoms with van der Waals surface area (Å²) in [5.74, 6) is 0.499. The molecule has 135 valence electrons. The summed E-state index contributed by atoms with van der Waals surface area (Å²) in [6, 6.07) is 9.79. The van der Waals surface area contributed by atoms with Crippen molar-refractivity contribution in [2.24, 2.45) is 0 Å². The first-order valence-electron chi connectivity index (χ1n) is 8.40. The van der Waals surface area contributed by atoms with Crippen LogP contribution in [0.25, 0.3) is 22.4 Å². The topological polar surface area (TPSA) is 88.6 Å². The highest BCUT2D eigenvalue weighted by atomic mass is 19.1. The summed E-state index contributed by atoms with van der Waals surface area (Å²) in [6.45, 7) is 4.26. The highest BCUT2D eigenvalue weighted by molar-refractivity contribution is 5.79. The second kappa shape index (κ2) is 6.99. The van der Waals surface area contributed by atoms with E-state index >= 15 is 0 Å². The lowest BCUT2D eigenvalue weighted by Crippen LogP contribution is -2.01. The molecule has 0 aliphatic rings. The maximum Gasteiger partial charge on any atom is 0.225 e. The molecule has 0 spiro atoms. The van der Waals surface area contributed by atoms with Crippen molar-refractivity contribution in [2.45, 2.75) is 13.8 Å². The normalized spacial score (nSPS) is 10.9. The average Bonchev–Trinajstić information content (AvgIpc) is 3.13. The van der Waals surface area contributed by atoms with E-state index < -0.39 is 5.95 Å². The summed E-state index contributed by atoms with van der Waals surface area (Å²) in [7, 11) is 0. The van der Waals surface area contributed by atoms with Gasteiger partial charge in [0, 0.05) is 23.7 Å². The lowest BCUT2D eigenvalue weighted by molar-refractivity contribution is 0.327. The molecule has 0 atom stereocenters. The summed E-state index contributed by atoms with van der Waals surface area (Å²) in [4.78, 5) is 19.8. The number of hydrogen-bond acceptors (Lipinski definition) is 6. The van der Waals surface area contributed by atoms with E-state index in [0.29, 0.717) is 29.6 Å². The molecule has 2 N–H and O–H groups in total. The summed E-state index contributed by atoms with van der Waals surface area (Å²) in [6.07, 6.45) is 3.25. The van der Waals surface area contributed by atoms with Gasteiger partial charge in [-0.3, -0.25) is 0 Å².